The van der Waals surface area contributed by atoms with Gasteiger partial charge < -0.3 is 9.47 Å². The Morgan fingerprint density at radius 2 is 1.74 bits per heavy atom. The van der Waals surface area contributed by atoms with Crippen molar-refractivity contribution in [3.05, 3.63) is 116 Å². The molecule has 0 bridgehead atoms. The van der Waals surface area contributed by atoms with Gasteiger partial charge in [-0.25, -0.2) is 4.68 Å². The summed E-state index contributed by atoms with van der Waals surface area (Å²) in [7, 11) is 1.65. The molecule has 0 saturated heterocycles. The van der Waals surface area contributed by atoms with Crippen LogP contribution in [0.2, 0.25) is 0 Å². The first-order valence-electron chi connectivity index (χ1n) is 14.1. The van der Waals surface area contributed by atoms with E-state index >= 15 is 0 Å². The highest BCUT2D eigenvalue weighted by molar-refractivity contribution is 7.15. The van der Waals surface area contributed by atoms with Crippen LogP contribution in [0.25, 0.3) is 40.1 Å². The van der Waals surface area contributed by atoms with Gasteiger partial charge in [-0.3, -0.25) is 4.79 Å². The molecule has 0 radical (unpaired) electrons. The zero-order valence-corrected chi connectivity index (χ0v) is 25.0. The number of fused-ring (bicyclic) bond motifs is 1. The molecule has 9 heteroatoms. The van der Waals surface area contributed by atoms with Gasteiger partial charge in [-0.05, 0) is 79.1 Å². The fourth-order valence-corrected chi connectivity index (χ4v) is 5.59. The van der Waals surface area contributed by atoms with Crippen LogP contribution < -0.4 is 19.6 Å². The minimum atomic E-state index is -0.217. The Balaban J connectivity index is 1.32. The molecule has 0 spiro atoms. The Hall–Kier alpha value is -5.02. The minimum Gasteiger partial charge on any atom is -0.497 e. The Morgan fingerprint density at radius 1 is 0.953 bits per heavy atom. The molecule has 0 saturated carbocycles. The number of unbranched alkanes of at least 4 members (excludes halogenated alkanes) is 1. The van der Waals surface area contributed by atoms with Crippen LogP contribution in [0.5, 0.6) is 11.5 Å². The molecule has 3 aromatic heterocycles. The fraction of sp³-hybridized carbons (Fsp3) is 0.176. The molecular formula is C34H31N5O3S. The monoisotopic (exact) mass is 589 g/mol. The number of nitrogens with zero attached hydrogens (tertiary/aromatic N) is 5. The van der Waals surface area contributed by atoms with E-state index in [1.807, 2.05) is 109 Å². The van der Waals surface area contributed by atoms with Crippen molar-refractivity contribution in [3.8, 4) is 28.4 Å². The molecule has 3 aromatic carbocycles. The van der Waals surface area contributed by atoms with Crippen molar-refractivity contribution in [1.29, 1.82) is 0 Å². The van der Waals surface area contributed by atoms with Gasteiger partial charge in [-0.1, -0.05) is 61.1 Å². The normalized spacial score (nSPS) is 12.0. The van der Waals surface area contributed by atoms with Crippen LogP contribution in [0.1, 0.15) is 42.3 Å². The first-order valence-corrected chi connectivity index (χ1v) is 15.0. The number of hydrogen-bond acceptors (Lipinski definition) is 7. The third-order valence-electron chi connectivity index (χ3n) is 7.01. The Morgan fingerprint density at radius 3 is 2.47 bits per heavy atom. The number of aromatic nitrogens is 5. The molecule has 43 heavy (non-hydrogen) atoms. The smallest absolute Gasteiger partial charge is 0.291 e. The molecule has 216 valence electrons. The van der Waals surface area contributed by atoms with E-state index in [0.29, 0.717) is 15.3 Å². The molecule has 8 nitrogen and oxygen atoms in total. The summed E-state index contributed by atoms with van der Waals surface area (Å²) in [4.78, 5) is 18.5. The largest absolute Gasteiger partial charge is 0.497 e. The summed E-state index contributed by atoms with van der Waals surface area (Å²) in [5.41, 5.74) is 5.28. The number of ether oxygens (including phenoxy) is 2. The first kappa shape index (κ1) is 28.1. The highest BCUT2D eigenvalue weighted by Crippen LogP contribution is 2.30. The van der Waals surface area contributed by atoms with E-state index in [9.17, 15) is 4.79 Å². The molecular weight excluding hydrogens is 558 g/mol. The van der Waals surface area contributed by atoms with E-state index in [-0.39, 0.29) is 5.56 Å². The predicted molar refractivity (Wildman–Crippen MR) is 172 cm³/mol. The zero-order chi connectivity index (χ0) is 29.8. The van der Waals surface area contributed by atoms with Crippen molar-refractivity contribution in [2.45, 2.75) is 26.7 Å². The lowest BCUT2D eigenvalue weighted by molar-refractivity contribution is 0.309. The summed E-state index contributed by atoms with van der Waals surface area (Å²) in [6.07, 6.45) is 9.68. The van der Waals surface area contributed by atoms with Crippen LogP contribution in [0, 0.1) is 6.92 Å². The second-order valence-corrected chi connectivity index (χ2v) is 11.1. The number of benzene rings is 3. The summed E-state index contributed by atoms with van der Waals surface area (Å²) < 4.78 is 14.9. The van der Waals surface area contributed by atoms with E-state index in [0.717, 1.165) is 64.6 Å². The molecule has 0 aliphatic carbocycles. The molecule has 0 amide bonds. The van der Waals surface area contributed by atoms with Crippen LogP contribution in [0.3, 0.4) is 0 Å². The number of para-hydroxylation sites is 1. The maximum absolute atomic E-state index is 13.4. The second-order valence-electron chi connectivity index (χ2n) is 10.1. The number of aryl methyl sites for hydroxylation is 1. The van der Waals surface area contributed by atoms with Gasteiger partial charge in [0.15, 0.2) is 5.82 Å². The Kier molecular flexibility index (Phi) is 8.15. The molecule has 0 unspecified atom stereocenters. The number of hydrogen-bond donors (Lipinski definition) is 0. The zero-order valence-electron chi connectivity index (χ0n) is 24.2. The quantitative estimate of drug-likeness (QED) is 0.177. The van der Waals surface area contributed by atoms with Gasteiger partial charge in [-0.15, -0.1) is 5.10 Å². The third kappa shape index (κ3) is 6.12. The number of methoxy groups -OCH3 is 1. The number of thiazole rings is 1. The van der Waals surface area contributed by atoms with Gasteiger partial charge in [0.25, 0.3) is 5.56 Å². The van der Waals surface area contributed by atoms with Crippen molar-refractivity contribution in [2.75, 3.05) is 13.7 Å². The second kappa shape index (κ2) is 12.5. The summed E-state index contributed by atoms with van der Waals surface area (Å²) in [5.74, 6) is 2.11. The van der Waals surface area contributed by atoms with Gasteiger partial charge in [0, 0.05) is 17.3 Å². The van der Waals surface area contributed by atoms with Crippen LogP contribution in [0.4, 0.5) is 0 Å². The molecule has 6 rings (SSSR count). The summed E-state index contributed by atoms with van der Waals surface area (Å²) in [6.45, 7) is 4.88. The maximum atomic E-state index is 13.4. The predicted octanol–water partition coefficient (Wildman–Crippen LogP) is 6.22. The average Bonchev–Trinajstić information content (AvgIpc) is 3.72. The first-order chi connectivity index (χ1) is 21.0. The summed E-state index contributed by atoms with van der Waals surface area (Å²) in [5, 5.41) is 9.38. The lowest BCUT2D eigenvalue weighted by Gasteiger charge is -2.07. The van der Waals surface area contributed by atoms with Crippen LogP contribution >= 0.6 is 11.3 Å². The van der Waals surface area contributed by atoms with Gasteiger partial charge >= 0.3 is 0 Å². The lowest BCUT2D eigenvalue weighted by atomic mass is 10.0. The molecule has 6 aromatic rings. The summed E-state index contributed by atoms with van der Waals surface area (Å²) >= 11 is 1.31. The number of rotatable bonds is 10. The van der Waals surface area contributed by atoms with Crippen molar-refractivity contribution >= 4 is 34.5 Å². The van der Waals surface area contributed by atoms with E-state index in [1.165, 1.54) is 15.9 Å². The van der Waals surface area contributed by atoms with E-state index in [2.05, 4.69) is 17.0 Å². The van der Waals surface area contributed by atoms with Crippen molar-refractivity contribution < 1.29 is 9.47 Å². The van der Waals surface area contributed by atoms with Crippen LogP contribution in [0.15, 0.2) is 83.8 Å². The Bertz CT molecular complexity index is 2010. The standard InChI is InChI=1S/C34H31N5O3S/c1-4-5-19-42-27-14-11-24(12-15-27)13-18-31-35-34-39(36-31)33(40)30(43-34)21-25-22-38(26-9-7-6-8-10-26)37-32(25)29-17-16-28(41-3)20-23(29)2/h6-18,20-22H,4-5,19H2,1-3H3/b18-13+,30-21-. The highest BCUT2D eigenvalue weighted by Gasteiger charge is 2.16. The van der Waals surface area contributed by atoms with E-state index < -0.39 is 0 Å². The molecule has 3 heterocycles. The maximum Gasteiger partial charge on any atom is 0.291 e. The Labute approximate surface area is 253 Å². The lowest BCUT2D eigenvalue weighted by Crippen LogP contribution is -2.23. The van der Waals surface area contributed by atoms with Gasteiger partial charge in [0.1, 0.15) is 17.2 Å². The molecule has 0 aliphatic rings. The van der Waals surface area contributed by atoms with Crippen LogP contribution in [-0.2, 0) is 0 Å². The minimum absolute atomic E-state index is 0.217. The van der Waals surface area contributed by atoms with Crippen LogP contribution in [-0.4, -0.2) is 38.1 Å². The van der Waals surface area contributed by atoms with Crippen molar-refractivity contribution in [1.82, 2.24) is 24.4 Å². The molecule has 0 N–H and O–H groups in total. The van der Waals surface area contributed by atoms with E-state index in [4.69, 9.17) is 14.6 Å². The van der Waals surface area contributed by atoms with Gasteiger partial charge in [0.05, 0.1) is 23.9 Å². The van der Waals surface area contributed by atoms with E-state index in [1.54, 1.807) is 7.11 Å². The molecule has 0 fully saturated rings. The SMILES string of the molecule is CCCCOc1ccc(/C=C/c2nc3s/c(=C\c4cn(-c5ccccc5)nc4-c4ccc(OC)cc4C)c(=O)n3n2)cc1. The average molecular weight is 590 g/mol. The fourth-order valence-electron chi connectivity index (χ4n) is 4.69. The van der Waals surface area contributed by atoms with Gasteiger partial charge in [0.2, 0.25) is 4.96 Å². The van der Waals surface area contributed by atoms with Gasteiger partial charge in [-0.2, -0.15) is 14.6 Å². The third-order valence-corrected chi connectivity index (χ3v) is 7.97. The summed E-state index contributed by atoms with van der Waals surface area (Å²) in [6, 6.07) is 23.7. The molecule has 0 atom stereocenters. The molecule has 0 aliphatic heterocycles. The highest BCUT2D eigenvalue weighted by atomic mass is 32.1. The van der Waals surface area contributed by atoms with Crippen molar-refractivity contribution in [2.24, 2.45) is 0 Å². The van der Waals surface area contributed by atoms with Crippen molar-refractivity contribution in [3.63, 3.8) is 0 Å². The topological polar surface area (TPSA) is 83.5 Å².